The predicted octanol–water partition coefficient (Wildman–Crippen LogP) is 7.41. The predicted molar refractivity (Wildman–Crippen MR) is 182 cm³/mol. The van der Waals surface area contributed by atoms with Gasteiger partial charge in [0.15, 0.2) is 0 Å². The number of nitrogens with one attached hydrogen (secondary N) is 3. The number of ether oxygens (including phenoxy) is 1. The number of anilines is 7. The number of hydrogen-bond acceptors (Lipinski definition) is 9. The van der Waals surface area contributed by atoms with Crippen LogP contribution in [0.15, 0.2) is 85.7 Å². The lowest BCUT2D eigenvalue weighted by atomic mass is 10.1. The Hall–Kier alpha value is -5.15. The zero-order valence-electron chi connectivity index (χ0n) is 25.6. The zero-order chi connectivity index (χ0) is 30.8. The molecule has 0 radical (unpaired) electrons. The van der Waals surface area contributed by atoms with Gasteiger partial charge in [-0.3, -0.25) is 15.0 Å². The number of fused-ring (bicyclic) bond motifs is 1. The molecule has 0 saturated carbocycles. The van der Waals surface area contributed by atoms with E-state index in [9.17, 15) is 0 Å². The Kier molecular flexibility index (Phi) is 8.04. The summed E-state index contributed by atoms with van der Waals surface area (Å²) in [7, 11) is 0. The summed E-state index contributed by atoms with van der Waals surface area (Å²) in [4.78, 5) is 16.1. The minimum absolute atomic E-state index is 0.187. The summed E-state index contributed by atoms with van der Waals surface area (Å²) in [6.45, 7) is 14.1. The van der Waals surface area contributed by atoms with Crippen LogP contribution in [0.5, 0.6) is 0 Å². The molecular formula is C35H38N8O. The van der Waals surface area contributed by atoms with Crippen molar-refractivity contribution in [1.29, 1.82) is 0 Å². The lowest BCUT2D eigenvalue weighted by Gasteiger charge is -2.37. The van der Waals surface area contributed by atoms with E-state index in [0.29, 0.717) is 11.4 Å². The molecule has 9 heteroatoms. The molecule has 0 amide bonds. The highest BCUT2D eigenvalue weighted by Crippen LogP contribution is 2.32. The quantitative estimate of drug-likeness (QED) is 0.138. The van der Waals surface area contributed by atoms with Crippen molar-refractivity contribution < 1.29 is 4.74 Å². The number of hydrogen-bond donors (Lipinski definition) is 4. The Morgan fingerprint density at radius 3 is 2.34 bits per heavy atom. The van der Waals surface area contributed by atoms with E-state index in [0.717, 1.165) is 69.5 Å². The molecule has 1 saturated heterocycles. The first kappa shape index (κ1) is 28.9. The van der Waals surface area contributed by atoms with Crippen LogP contribution in [-0.4, -0.2) is 40.2 Å². The lowest BCUT2D eigenvalue weighted by Crippen LogP contribution is -2.45. The van der Waals surface area contributed by atoms with Crippen LogP contribution in [-0.2, 0) is 4.74 Å². The summed E-state index contributed by atoms with van der Waals surface area (Å²) < 4.78 is 5.94. The average molecular weight is 587 g/mol. The molecular weight excluding hydrogens is 548 g/mol. The molecule has 5 N–H and O–H groups in total. The summed E-state index contributed by atoms with van der Waals surface area (Å²) in [6, 6.07) is 22.2. The van der Waals surface area contributed by atoms with Crippen molar-refractivity contribution in [3.8, 4) is 0 Å². The third kappa shape index (κ3) is 6.58. The molecule has 9 nitrogen and oxygen atoms in total. The highest BCUT2D eigenvalue weighted by atomic mass is 16.5. The van der Waals surface area contributed by atoms with Crippen molar-refractivity contribution in [1.82, 2.24) is 15.0 Å². The van der Waals surface area contributed by atoms with Gasteiger partial charge in [0.05, 0.1) is 52.4 Å². The van der Waals surface area contributed by atoms with Gasteiger partial charge in [-0.1, -0.05) is 6.58 Å². The first-order chi connectivity index (χ1) is 21.2. The summed E-state index contributed by atoms with van der Waals surface area (Å²) in [6.07, 6.45) is 3.96. The van der Waals surface area contributed by atoms with E-state index in [1.807, 2.05) is 62.5 Å². The third-order valence-corrected chi connectivity index (χ3v) is 7.58. The standard InChI is InChI=1S/C35H38N8O/c1-21-14-27(12-13-37-21)41-26-6-10-34(31(36)16-26)40-25(5)32-9-7-28(18-38-32)42-35-15-22(2)39-33-11-8-29(17-30(33)35)43-19-23(3)44-24(4)20-43/h6-18,23-24,40H,5,19-20,36H2,1-4H3,(H,37,41)(H,39,42). The fourth-order valence-corrected chi connectivity index (χ4v) is 5.61. The molecule has 5 aromatic rings. The number of benzene rings is 2. The Morgan fingerprint density at radius 1 is 0.841 bits per heavy atom. The van der Waals surface area contributed by atoms with Gasteiger partial charge in [-0.25, -0.2) is 0 Å². The molecule has 0 spiro atoms. The van der Waals surface area contributed by atoms with E-state index in [2.05, 4.69) is 75.5 Å². The highest BCUT2D eigenvalue weighted by Gasteiger charge is 2.23. The second-order valence-electron chi connectivity index (χ2n) is 11.4. The second kappa shape index (κ2) is 12.2. The van der Waals surface area contributed by atoms with Gasteiger partial charge >= 0.3 is 0 Å². The van der Waals surface area contributed by atoms with Gasteiger partial charge in [0.25, 0.3) is 0 Å². The Labute approximate surface area is 258 Å². The van der Waals surface area contributed by atoms with E-state index in [1.165, 1.54) is 5.69 Å². The molecule has 1 fully saturated rings. The maximum atomic E-state index is 6.37. The molecule has 3 aromatic heterocycles. The van der Waals surface area contributed by atoms with E-state index in [1.54, 1.807) is 6.20 Å². The molecule has 2 unspecified atom stereocenters. The van der Waals surface area contributed by atoms with Crippen molar-refractivity contribution in [3.05, 3.63) is 103 Å². The van der Waals surface area contributed by atoms with Crippen LogP contribution in [0.3, 0.4) is 0 Å². The molecule has 4 heterocycles. The molecule has 2 aromatic carbocycles. The summed E-state index contributed by atoms with van der Waals surface area (Å²) in [5, 5.41) is 11.3. The minimum atomic E-state index is 0.187. The third-order valence-electron chi connectivity index (χ3n) is 7.58. The van der Waals surface area contributed by atoms with Crippen LogP contribution in [0.4, 0.5) is 39.8 Å². The smallest absolute Gasteiger partial charge is 0.0859 e. The van der Waals surface area contributed by atoms with Gasteiger partial charge in [-0.05, 0) is 94.4 Å². The zero-order valence-corrected chi connectivity index (χ0v) is 25.6. The monoisotopic (exact) mass is 586 g/mol. The summed E-state index contributed by atoms with van der Waals surface area (Å²) in [5.41, 5.74) is 16.8. The fraction of sp³-hybridized carbons (Fsp3) is 0.229. The van der Waals surface area contributed by atoms with E-state index in [4.69, 9.17) is 15.5 Å². The van der Waals surface area contributed by atoms with Crippen LogP contribution in [0.1, 0.15) is 30.9 Å². The number of rotatable bonds is 8. The maximum Gasteiger partial charge on any atom is 0.0859 e. The first-order valence-electron chi connectivity index (χ1n) is 14.8. The molecule has 0 aliphatic carbocycles. The summed E-state index contributed by atoms with van der Waals surface area (Å²) >= 11 is 0. The Morgan fingerprint density at radius 2 is 1.61 bits per heavy atom. The number of aryl methyl sites for hydroxylation is 2. The van der Waals surface area contributed by atoms with Gasteiger partial charge in [-0.2, -0.15) is 0 Å². The van der Waals surface area contributed by atoms with Gasteiger partial charge in [0, 0.05) is 58.8 Å². The first-order valence-corrected chi connectivity index (χ1v) is 14.8. The number of nitrogens with zero attached hydrogens (tertiary/aromatic N) is 4. The lowest BCUT2D eigenvalue weighted by molar-refractivity contribution is -0.00521. The molecule has 224 valence electrons. The molecule has 44 heavy (non-hydrogen) atoms. The van der Waals surface area contributed by atoms with Crippen LogP contribution in [0, 0.1) is 13.8 Å². The number of pyridine rings is 3. The maximum absolute atomic E-state index is 6.37. The molecule has 2 atom stereocenters. The van der Waals surface area contributed by atoms with E-state index >= 15 is 0 Å². The van der Waals surface area contributed by atoms with Crippen molar-refractivity contribution in [2.24, 2.45) is 0 Å². The fourth-order valence-electron chi connectivity index (χ4n) is 5.61. The molecule has 1 aliphatic rings. The average Bonchev–Trinajstić information content (AvgIpc) is 2.98. The Bertz CT molecular complexity index is 1810. The number of aromatic nitrogens is 3. The van der Waals surface area contributed by atoms with Gasteiger partial charge < -0.3 is 31.3 Å². The molecule has 1 aliphatic heterocycles. The van der Waals surface area contributed by atoms with Crippen LogP contribution in [0.2, 0.25) is 0 Å². The SMILES string of the molecule is C=C(Nc1ccc(Nc2ccnc(C)c2)cc1N)c1ccc(Nc2cc(C)nc3ccc(N4CC(C)OC(C)C4)cc23)cn1. The van der Waals surface area contributed by atoms with E-state index in [-0.39, 0.29) is 12.2 Å². The minimum Gasteiger partial charge on any atom is -0.397 e. The van der Waals surface area contributed by atoms with E-state index < -0.39 is 0 Å². The number of nitrogen functional groups attached to an aromatic ring is 1. The van der Waals surface area contributed by atoms with Crippen molar-refractivity contribution in [3.63, 3.8) is 0 Å². The topological polar surface area (TPSA) is 113 Å². The van der Waals surface area contributed by atoms with Crippen molar-refractivity contribution >= 4 is 56.4 Å². The number of morpholine rings is 1. The number of nitrogens with two attached hydrogens (primary N) is 1. The molecule has 6 rings (SSSR count). The highest BCUT2D eigenvalue weighted by molar-refractivity contribution is 5.95. The van der Waals surface area contributed by atoms with Crippen LogP contribution >= 0.6 is 0 Å². The Balaban J connectivity index is 1.16. The van der Waals surface area contributed by atoms with Crippen molar-refractivity contribution in [2.45, 2.75) is 39.9 Å². The van der Waals surface area contributed by atoms with Gasteiger partial charge in [0.1, 0.15) is 0 Å². The van der Waals surface area contributed by atoms with Crippen LogP contribution < -0.4 is 26.6 Å². The second-order valence-corrected chi connectivity index (χ2v) is 11.4. The van der Waals surface area contributed by atoms with Crippen molar-refractivity contribution in [2.75, 3.05) is 39.7 Å². The normalized spacial score (nSPS) is 16.5. The molecule has 0 bridgehead atoms. The summed E-state index contributed by atoms with van der Waals surface area (Å²) in [5.74, 6) is 0. The van der Waals surface area contributed by atoms with Gasteiger partial charge in [0.2, 0.25) is 0 Å². The van der Waals surface area contributed by atoms with Gasteiger partial charge in [-0.15, -0.1) is 0 Å². The largest absolute Gasteiger partial charge is 0.397 e. The van der Waals surface area contributed by atoms with Crippen LogP contribution in [0.25, 0.3) is 16.6 Å².